The fourth-order valence-corrected chi connectivity index (χ4v) is 2.01. The van der Waals surface area contributed by atoms with Gasteiger partial charge in [0.2, 0.25) is 5.91 Å². The molecule has 0 aliphatic carbocycles. The Morgan fingerprint density at radius 2 is 2.11 bits per heavy atom. The number of nitrogens with two attached hydrogens (primary N) is 1. The molecule has 0 aromatic heterocycles. The van der Waals surface area contributed by atoms with E-state index >= 15 is 0 Å². The Balaban J connectivity index is 2.77. The number of hydrogen-bond acceptors (Lipinski definition) is 2. The normalized spacial score (nSPS) is 13.2. The van der Waals surface area contributed by atoms with Crippen LogP contribution in [0.3, 0.4) is 0 Å². The Bertz CT molecular complexity index is 457. The van der Waals surface area contributed by atoms with E-state index in [0.29, 0.717) is 11.4 Å². The molecule has 0 fully saturated rings. The molecule has 0 radical (unpaired) electrons. The van der Waals surface area contributed by atoms with Crippen LogP contribution in [0.5, 0.6) is 0 Å². The summed E-state index contributed by atoms with van der Waals surface area (Å²) in [7, 11) is 0. The molecule has 19 heavy (non-hydrogen) atoms. The van der Waals surface area contributed by atoms with Crippen LogP contribution in [-0.4, -0.2) is 12.5 Å². The molecule has 0 saturated carbocycles. The van der Waals surface area contributed by atoms with Crippen LogP contribution in [0.1, 0.15) is 27.2 Å². The fraction of sp³-hybridized carbons (Fsp3) is 0.500. The first kappa shape index (κ1) is 15.9. The number of amides is 1. The molecule has 0 heterocycles. The van der Waals surface area contributed by atoms with E-state index in [9.17, 15) is 9.18 Å². The van der Waals surface area contributed by atoms with Crippen molar-refractivity contribution in [3.63, 3.8) is 0 Å². The molecule has 1 aromatic carbocycles. The number of rotatable bonds is 4. The average Bonchev–Trinajstić information content (AvgIpc) is 2.28. The molecule has 0 aliphatic rings. The highest BCUT2D eigenvalue weighted by Crippen LogP contribution is 2.25. The van der Waals surface area contributed by atoms with Crippen LogP contribution in [0, 0.1) is 17.2 Å². The Morgan fingerprint density at radius 1 is 1.47 bits per heavy atom. The standard InChI is InChI=1S/C14H20ClFN2O/c1-14(2,3)7-9(8-17)13(19)18-12-5-4-10(15)6-11(12)16/h4-6,9H,7-8,17H2,1-3H3,(H,18,19). The zero-order valence-corrected chi connectivity index (χ0v) is 12.2. The quantitative estimate of drug-likeness (QED) is 0.891. The van der Waals surface area contributed by atoms with Gasteiger partial charge in [-0.15, -0.1) is 0 Å². The highest BCUT2D eigenvalue weighted by atomic mass is 35.5. The maximum atomic E-state index is 13.6. The lowest BCUT2D eigenvalue weighted by Crippen LogP contribution is -2.32. The van der Waals surface area contributed by atoms with E-state index in [1.165, 1.54) is 18.2 Å². The summed E-state index contributed by atoms with van der Waals surface area (Å²) in [6.07, 6.45) is 0.643. The van der Waals surface area contributed by atoms with Gasteiger partial charge >= 0.3 is 0 Å². The number of anilines is 1. The van der Waals surface area contributed by atoms with Crippen LogP contribution >= 0.6 is 11.6 Å². The molecule has 3 N–H and O–H groups in total. The summed E-state index contributed by atoms with van der Waals surface area (Å²) < 4.78 is 13.6. The minimum Gasteiger partial charge on any atom is -0.330 e. The lowest BCUT2D eigenvalue weighted by Gasteiger charge is -2.24. The molecule has 106 valence electrons. The smallest absolute Gasteiger partial charge is 0.228 e. The second kappa shape index (κ2) is 6.35. The van der Waals surface area contributed by atoms with Crippen molar-refractivity contribution < 1.29 is 9.18 Å². The van der Waals surface area contributed by atoms with Gasteiger partial charge in [-0.2, -0.15) is 0 Å². The molecule has 1 amide bonds. The molecular formula is C14H20ClFN2O. The number of hydrogen-bond donors (Lipinski definition) is 2. The zero-order chi connectivity index (χ0) is 14.6. The average molecular weight is 287 g/mol. The van der Waals surface area contributed by atoms with Gasteiger partial charge in [-0.3, -0.25) is 4.79 Å². The summed E-state index contributed by atoms with van der Waals surface area (Å²) in [6.45, 7) is 6.34. The summed E-state index contributed by atoms with van der Waals surface area (Å²) in [4.78, 5) is 12.1. The van der Waals surface area contributed by atoms with E-state index in [1.807, 2.05) is 20.8 Å². The molecule has 3 nitrogen and oxygen atoms in total. The first-order chi connectivity index (χ1) is 8.73. The minimum absolute atomic E-state index is 0.0140. The van der Waals surface area contributed by atoms with Crippen LogP contribution in [0.4, 0.5) is 10.1 Å². The molecule has 1 rings (SSSR count). The number of nitrogens with one attached hydrogen (secondary N) is 1. The van der Waals surface area contributed by atoms with Gasteiger partial charge in [-0.25, -0.2) is 4.39 Å². The number of halogens is 2. The van der Waals surface area contributed by atoms with Crippen LogP contribution in [-0.2, 0) is 4.79 Å². The largest absolute Gasteiger partial charge is 0.330 e. The predicted octanol–water partition coefficient (Wildman–Crippen LogP) is 3.43. The lowest BCUT2D eigenvalue weighted by atomic mass is 9.84. The Kier molecular flexibility index (Phi) is 5.32. The van der Waals surface area contributed by atoms with Crippen LogP contribution in [0.25, 0.3) is 0 Å². The predicted molar refractivity (Wildman–Crippen MR) is 76.7 cm³/mol. The highest BCUT2D eigenvalue weighted by molar-refractivity contribution is 6.30. The van der Waals surface area contributed by atoms with Crippen molar-refractivity contribution >= 4 is 23.2 Å². The van der Waals surface area contributed by atoms with E-state index in [1.54, 1.807) is 0 Å². The van der Waals surface area contributed by atoms with E-state index < -0.39 is 5.82 Å². The van der Waals surface area contributed by atoms with Crippen molar-refractivity contribution in [2.45, 2.75) is 27.2 Å². The molecule has 1 unspecified atom stereocenters. The van der Waals surface area contributed by atoms with E-state index in [4.69, 9.17) is 17.3 Å². The second-order valence-electron chi connectivity index (χ2n) is 5.81. The van der Waals surface area contributed by atoms with Gasteiger partial charge < -0.3 is 11.1 Å². The first-order valence-corrected chi connectivity index (χ1v) is 6.57. The third kappa shape index (κ3) is 5.17. The number of carbonyl (C=O) groups is 1. The first-order valence-electron chi connectivity index (χ1n) is 6.19. The Hall–Kier alpha value is -1.13. The van der Waals surface area contributed by atoms with E-state index in [-0.39, 0.29) is 29.5 Å². The van der Waals surface area contributed by atoms with Gasteiger partial charge in [0, 0.05) is 11.6 Å². The van der Waals surface area contributed by atoms with Crippen molar-refractivity contribution in [1.29, 1.82) is 0 Å². The minimum atomic E-state index is -0.549. The lowest BCUT2D eigenvalue weighted by molar-refractivity contribution is -0.120. The van der Waals surface area contributed by atoms with Gasteiger partial charge in [0.1, 0.15) is 5.82 Å². The zero-order valence-electron chi connectivity index (χ0n) is 11.5. The molecule has 0 aliphatic heterocycles. The van der Waals surface area contributed by atoms with Crippen molar-refractivity contribution in [3.8, 4) is 0 Å². The number of carbonyl (C=O) groups excluding carboxylic acids is 1. The molecule has 0 saturated heterocycles. The Morgan fingerprint density at radius 3 is 2.58 bits per heavy atom. The Labute approximate surface area is 118 Å². The summed E-state index contributed by atoms with van der Waals surface area (Å²) in [6, 6.07) is 4.14. The van der Waals surface area contributed by atoms with E-state index in [0.717, 1.165) is 0 Å². The van der Waals surface area contributed by atoms with Crippen molar-refractivity contribution in [1.82, 2.24) is 0 Å². The molecule has 0 spiro atoms. The third-order valence-corrected chi connectivity index (χ3v) is 2.94. The van der Waals surface area contributed by atoms with Crippen LogP contribution < -0.4 is 11.1 Å². The molecule has 1 aromatic rings. The fourth-order valence-electron chi connectivity index (χ4n) is 1.85. The summed E-state index contributed by atoms with van der Waals surface area (Å²) in [5, 5.41) is 2.85. The summed E-state index contributed by atoms with van der Waals surface area (Å²) >= 11 is 5.66. The van der Waals surface area contributed by atoms with Crippen molar-refractivity contribution in [2.75, 3.05) is 11.9 Å². The summed E-state index contributed by atoms with van der Waals surface area (Å²) in [5.41, 5.74) is 5.73. The third-order valence-electron chi connectivity index (χ3n) is 2.70. The molecular weight excluding hydrogens is 267 g/mol. The maximum absolute atomic E-state index is 13.6. The monoisotopic (exact) mass is 286 g/mol. The van der Waals surface area contributed by atoms with Gasteiger partial charge in [-0.1, -0.05) is 32.4 Å². The van der Waals surface area contributed by atoms with Gasteiger partial charge in [-0.05, 0) is 30.0 Å². The molecule has 5 heteroatoms. The SMILES string of the molecule is CC(C)(C)CC(CN)C(=O)Nc1ccc(Cl)cc1F. The number of benzene rings is 1. The molecule has 0 bridgehead atoms. The van der Waals surface area contributed by atoms with Crippen molar-refractivity contribution in [3.05, 3.63) is 29.0 Å². The van der Waals surface area contributed by atoms with Gasteiger partial charge in [0.15, 0.2) is 0 Å². The van der Waals surface area contributed by atoms with Gasteiger partial charge in [0.05, 0.1) is 11.6 Å². The molecule has 1 atom stereocenters. The van der Waals surface area contributed by atoms with Crippen LogP contribution in [0.15, 0.2) is 18.2 Å². The van der Waals surface area contributed by atoms with Gasteiger partial charge in [0.25, 0.3) is 0 Å². The highest BCUT2D eigenvalue weighted by Gasteiger charge is 2.24. The van der Waals surface area contributed by atoms with Crippen molar-refractivity contribution in [2.24, 2.45) is 17.1 Å². The van der Waals surface area contributed by atoms with E-state index in [2.05, 4.69) is 5.32 Å². The van der Waals surface area contributed by atoms with Crippen LogP contribution in [0.2, 0.25) is 5.02 Å². The topological polar surface area (TPSA) is 55.1 Å². The second-order valence-corrected chi connectivity index (χ2v) is 6.25. The maximum Gasteiger partial charge on any atom is 0.228 e. The summed E-state index contributed by atoms with van der Waals surface area (Å²) in [5.74, 6) is -1.15.